The third-order valence-corrected chi connectivity index (χ3v) is 7.09. The van der Waals surface area contributed by atoms with Crippen LogP contribution in [0.1, 0.15) is 18.1 Å². The zero-order valence-electron chi connectivity index (χ0n) is 21.1. The monoisotopic (exact) mass is 570 g/mol. The van der Waals surface area contributed by atoms with Crippen molar-refractivity contribution in [2.45, 2.75) is 18.7 Å². The second kappa shape index (κ2) is 11.2. The van der Waals surface area contributed by atoms with Crippen LogP contribution in [0.4, 0.5) is 10.5 Å². The first-order valence-electron chi connectivity index (χ1n) is 11.6. The van der Waals surface area contributed by atoms with Crippen molar-refractivity contribution < 1.29 is 36.5 Å². The van der Waals surface area contributed by atoms with Crippen LogP contribution in [0.15, 0.2) is 71.1 Å². The van der Waals surface area contributed by atoms with Crippen LogP contribution < -0.4 is 23.9 Å². The van der Waals surface area contributed by atoms with E-state index in [0.717, 1.165) is 10.5 Å². The Labute approximate surface area is 229 Å². The van der Waals surface area contributed by atoms with E-state index in [9.17, 15) is 22.8 Å². The van der Waals surface area contributed by atoms with Crippen molar-refractivity contribution in [3.8, 4) is 17.2 Å². The van der Waals surface area contributed by atoms with Gasteiger partial charge in [-0.25, -0.2) is 9.69 Å². The molecule has 3 aromatic rings. The first-order valence-corrected chi connectivity index (χ1v) is 13.4. The number of imide groups is 2. The number of rotatable bonds is 8. The van der Waals surface area contributed by atoms with E-state index >= 15 is 0 Å². The molecule has 0 atom stereocenters. The fourth-order valence-corrected chi connectivity index (χ4v) is 4.94. The Morgan fingerprint density at radius 2 is 1.67 bits per heavy atom. The number of hydrogen-bond donors (Lipinski definition) is 1. The quantitative estimate of drug-likeness (QED) is 0.238. The van der Waals surface area contributed by atoms with Crippen LogP contribution in [-0.2, 0) is 19.7 Å². The normalized spacial score (nSPS) is 14.8. The summed E-state index contributed by atoms with van der Waals surface area (Å²) in [6.45, 7) is 4.08. The molecule has 202 valence electrons. The lowest BCUT2D eigenvalue weighted by atomic mass is 10.1. The average Bonchev–Trinajstić information content (AvgIpc) is 2.89. The Morgan fingerprint density at radius 1 is 1.00 bits per heavy atom. The van der Waals surface area contributed by atoms with E-state index in [2.05, 4.69) is 5.32 Å². The number of ether oxygens (including phenoxy) is 2. The van der Waals surface area contributed by atoms with Crippen molar-refractivity contribution in [1.82, 2.24) is 5.32 Å². The number of methoxy groups -OCH3 is 1. The molecule has 1 aliphatic heterocycles. The van der Waals surface area contributed by atoms with Crippen molar-refractivity contribution in [2.75, 3.05) is 18.6 Å². The van der Waals surface area contributed by atoms with Crippen molar-refractivity contribution in [1.29, 1.82) is 0 Å². The van der Waals surface area contributed by atoms with Gasteiger partial charge < -0.3 is 13.7 Å². The molecule has 0 aliphatic carbocycles. The van der Waals surface area contributed by atoms with Gasteiger partial charge in [-0.1, -0.05) is 29.3 Å². The Hall–Kier alpha value is -4.35. The number of carbonyl (C=O) groups excluding carboxylic acids is 3. The molecule has 10 nitrogen and oxygen atoms in total. The highest BCUT2D eigenvalue weighted by atomic mass is 35.5. The number of nitrogens with zero attached hydrogens (tertiary/aromatic N) is 1. The van der Waals surface area contributed by atoms with Crippen LogP contribution in [0.5, 0.6) is 17.2 Å². The van der Waals surface area contributed by atoms with E-state index in [0.29, 0.717) is 12.4 Å². The molecule has 1 N–H and O–H groups in total. The van der Waals surface area contributed by atoms with Crippen LogP contribution >= 0.6 is 11.6 Å². The van der Waals surface area contributed by atoms with Crippen LogP contribution in [0.25, 0.3) is 6.08 Å². The Balaban J connectivity index is 1.67. The number of aryl methyl sites for hydroxylation is 1. The molecule has 1 fully saturated rings. The molecule has 1 saturated heterocycles. The Morgan fingerprint density at radius 3 is 2.28 bits per heavy atom. The minimum absolute atomic E-state index is 0.0619. The second-order valence-corrected chi connectivity index (χ2v) is 10.2. The first kappa shape index (κ1) is 27.7. The molecule has 4 rings (SSSR count). The molecule has 39 heavy (non-hydrogen) atoms. The number of benzene rings is 3. The van der Waals surface area contributed by atoms with Gasteiger partial charge in [0.2, 0.25) is 5.75 Å². The van der Waals surface area contributed by atoms with Crippen molar-refractivity contribution in [2.24, 2.45) is 0 Å². The number of barbiturate groups is 1. The molecule has 0 bridgehead atoms. The van der Waals surface area contributed by atoms with Crippen LogP contribution in [0.2, 0.25) is 5.02 Å². The van der Waals surface area contributed by atoms with Gasteiger partial charge in [-0.3, -0.25) is 14.9 Å². The standard InChI is InChI=1S/C27H23ClN2O8S/c1-4-37-19-9-7-18(8-10-19)30-26(32)21(25(31)29-27(30)33)13-17-14-22(28)24(23(15-17)36-3)38-39(34,35)20-11-5-16(2)6-12-20/h5-15H,4H2,1-3H3,(H,29,31,33)/b21-13+. The lowest BCUT2D eigenvalue weighted by Crippen LogP contribution is -2.54. The topological polar surface area (TPSA) is 128 Å². The number of nitrogens with one attached hydrogen (secondary N) is 1. The van der Waals surface area contributed by atoms with Gasteiger partial charge in [0, 0.05) is 0 Å². The number of carbonyl (C=O) groups is 3. The van der Waals surface area contributed by atoms with Crippen molar-refractivity contribution in [3.63, 3.8) is 0 Å². The molecule has 0 spiro atoms. The van der Waals surface area contributed by atoms with E-state index in [1.165, 1.54) is 49.6 Å². The molecule has 0 radical (unpaired) electrons. The maximum absolute atomic E-state index is 13.2. The van der Waals surface area contributed by atoms with Gasteiger partial charge in [0.05, 0.1) is 24.4 Å². The molecule has 3 aromatic carbocycles. The van der Waals surface area contributed by atoms with E-state index in [1.807, 2.05) is 13.8 Å². The zero-order valence-corrected chi connectivity index (χ0v) is 22.6. The van der Waals surface area contributed by atoms with Gasteiger partial charge in [-0.15, -0.1) is 0 Å². The van der Waals surface area contributed by atoms with E-state index in [1.54, 1.807) is 24.3 Å². The summed E-state index contributed by atoms with van der Waals surface area (Å²) in [4.78, 5) is 39.0. The fourth-order valence-electron chi connectivity index (χ4n) is 3.68. The van der Waals surface area contributed by atoms with E-state index < -0.39 is 28.0 Å². The number of urea groups is 1. The zero-order chi connectivity index (χ0) is 28.3. The van der Waals surface area contributed by atoms with Gasteiger partial charge in [0.15, 0.2) is 5.75 Å². The highest BCUT2D eigenvalue weighted by Crippen LogP contribution is 2.39. The van der Waals surface area contributed by atoms with Gasteiger partial charge in [-0.2, -0.15) is 8.42 Å². The summed E-state index contributed by atoms with van der Waals surface area (Å²) in [5.74, 6) is -1.57. The molecular weight excluding hydrogens is 548 g/mol. The van der Waals surface area contributed by atoms with Gasteiger partial charge in [-0.05, 0) is 74.0 Å². The lowest BCUT2D eigenvalue weighted by molar-refractivity contribution is -0.122. The summed E-state index contributed by atoms with van der Waals surface area (Å²) >= 11 is 6.35. The van der Waals surface area contributed by atoms with Crippen molar-refractivity contribution in [3.05, 3.63) is 82.4 Å². The van der Waals surface area contributed by atoms with Gasteiger partial charge >= 0.3 is 16.1 Å². The molecule has 0 aromatic heterocycles. The number of anilines is 1. The average molecular weight is 571 g/mol. The van der Waals surface area contributed by atoms with Crippen LogP contribution in [0, 0.1) is 6.92 Å². The molecule has 0 saturated carbocycles. The number of halogens is 1. The highest BCUT2D eigenvalue weighted by molar-refractivity contribution is 7.87. The fraction of sp³-hybridized carbons (Fsp3) is 0.148. The first-order chi connectivity index (χ1) is 18.5. The maximum Gasteiger partial charge on any atom is 0.339 e. The largest absolute Gasteiger partial charge is 0.494 e. The molecule has 0 unspecified atom stereocenters. The molecule has 12 heteroatoms. The summed E-state index contributed by atoms with van der Waals surface area (Å²) < 4.78 is 41.5. The lowest BCUT2D eigenvalue weighted by Gasteiger charge is -2.26. The van der Waals surface area contributed by atoms with Crippen LogP contribution in [0.3, 0.4) is 0 Å². The summed E-state index contributed by atoms with van der Waals surface area (Å²) in [7, 11) is -2.97. The summed E-state index contributed by atoms with van der Waals surface area (Å²) in [5, 5.41) is 1.98. The summed E-state index contributed by atoms with van der Waals surface area (Å²) in [6.07, 6.45) is 1.21. The van der Waals surface area contributed by atoms with Crippen molar-refractivity contribution >= 4 is 51.3 Å². The summed E-state index contributed by atoms with van der Waals surface area (Å²) in [5.41, 5.74) is 0.949. The predicted octanol–water partition coefficient (Wildman–Crippen LogP) is 4.49. The minimum Gasteiger partial charge on any atom is -0.494 e. The maximum atomic E-state index is 13.2. The minimum atomic E-state index is -4.24. The highest BCUT2D eigenvalue weighted by Gasteiger charge is 2.37. The van der Waals surface area contributed by atoms with E-state index in [-0.39, 0.29) is 38.2 Å². The van der Waals surface area contributed by atoms with Crippen LogP contribution in [-0.4, -0.2) is 40.0 Å². The smallest absolute Gasteiger partial charge is 0.339 e. The number of hydrogen-bond acceptors (Lipinski definition) is 8. The SMILES string of the molecule is CCOc1ccc(N2C(=O)NC(=O)/C(=C\c3cc(Cl)c(OS(=O)(=O)c4ccc(C)cc4)c(OC)c3)C2=O)cc1. The Kier molecular flexibility index (Phi) is 7.93. The third-order valence-electron chi connectivity index (χ3n) is 5.57. The third kappa shape index (κ3) is 5.89. The van der Waals surface area contributed by atoms with E-state index in [4.69, 9.17) is 25.3 Å². The summed E-state index contributed by atoms with van der Waals surface area (Å²) in [6, 6.07) is 14.0. The second-order valence-electron chi connectivity index (χ2n) is 8.27. The molecule has 4 amide bonds. The van der Waals surface area contributed by atoms with Gasteiger partial charge in [0.25, 0.3) is 11.8 Å². The predicted molar refractivity (Wildman–Crippen MR) is 144 cm³/mol. The molecular formula is C27H23ClN2O8S. The Bertz CT molecular complexity index is 1580. The number of amides is 4. The molecule has 1 aliphatic rings. The molecule has 1 heterocycles. The van der Waals surface area contributed by atoms with Gasteiger partial charge in [0.1, 0.15) is 16.2 Å².